The molecule has 0 aliphatic carbocycles. The van der Waals surface area contributed by atoms with Crippen molar-refractivity contribution < 1.29 is 4.74 Å². The number of hydrogen-bond donors (Lipinski definition) is 1. The highest BCUT2D eigenvalue weighted by atomic mass is 16.5. The van der Waals surface area contributed by atoms with Crippen molar-refractivity contribution in [3.63, 3.8) is 0 Å². The van der Waals surface area contributed by atoms with Gasteiger partial charge in [-0.25, -0.2) is 4.68 Å². The van der Waals surface area contributed by atoms with Crippen LogP contribution in [0.5, 0.6) is 0 Å². The van der Waals surface area contributed by atoms with E-state index in [-0.39, 0.29) is 11.7 Å². The first kappa shape index (κ1) is 27.1. The molecule has 0 spiro atoms. The first-order valence-corrected chi connectivity index (χ1v) is 14.4. The number of ether oxygens (including phenoxy) is 1. The van der Waals surface area contributed by atoms with Crippen LogP contribution in [0.3, 0.4) is 0 Å². The molecule has 0 amide bonds. The van der Waals surface area contributed by atoms with Gasteiger partial charge in [0, 0.05) is 30.6 Å². The molecule has 1 fully saturated rings. The van der Waals surface area contributed by atoms with Crippen LogP contribution in [-0.4, -0.2) is 49.3 Å². The van der Waals surface area contributed by atoms with Crippen molar-refractivity contribution in [3.8, 4) is 0 Å². The van der Waals surface area contributed by atoms with Crippen LogP contribution < -0.4 is 5.56 Å². The number of H-pyrrole nitrogens is 1. The molecular formula is C33H36N6O2. The molecule has 210 valence electrons. The van der Waals surface area contributed by atoms with Gasteiger partial charge in [0.2, 0.25) is 0 Å². The van der Waals surface area contributed by atoms with Gasteiger partial charge in [0.25, 0.3) is 5.56 Å². The fourth-order valence-corrected chi connectivity index (χ4v) is 5.85. The number of hydrogen-bond acceptors (Lipinski definition) is 6. The summed E-state index contributed by atoms with van der Waals surface area (Å²) in [5.74, 6) is 0.652. The van der Waals surface area contributed by atoms with Crippen molar-refractivity contribution in [1.82, 2.24) is 30.1 Å². The van der Waals surface area contributed by atoms with Gasteiger partial charge in [-0.15, -0.1) is 5.10 Å². The Bertz CT molecular complexity index is 1660. The quantitative estimate of drug-likeness (QED) is 0.260. The Kier molecular flexibility index (Phi) is 8.02. The third-order valence-electron chi connectivity index (χ3n) is 8.10. The lowest BCUT2D eigenvalue weighted by Crippen LogP contribution is -2.37. The number of aryl methyl sites for hydroxylation is 2. The molecule has 5 aromatic rings. The van der Waals surface area contributed by atoms with Gasteiger partial charge in [0.05, 0.1) is 18.2 Å². The van der Waals surface area contributed by atoms with E-state index in [4.69, 9.17) is 4.74 Å². The minimum Gasteiger partial charge on any atom is -0.376 e. The van der Waals surface area contributed by atoms with Crippen molar-refractivity contribution in [3.05, 3.63) is 123 Å². The largest absolute Gasteiger partial charge is 0.376 e. The minimum absolute atomic E-state index is 0.0598. The van der Waals surface area contributed by atoms with E-state index in [0.29, 0.717) is 31.0 Å². The number of tetrazole rings is 1. The standard InChI is InChI=1S/C33H36N6O2/c1-23-15-16-24(2)30-28(23)20-29(33(40)34-30)31(32-35-36-37-39(32)22-27-14-9-19-41-27)38(21-26-12-7-4-8-13-26)18-17-25-10-5-3-6-11-25/h3-8,10-13,15-16,20,27,31H,9,14,17-19,21-22H2,1-2H3,(H,34,40). The molecule has 6 rings (SSSR count). The molecule has 8 nitrogen and oxygen atoms in total. The normalized spacial score (nSPS) is 16.0. The van der Waals surface area contributed by atoms with E-state index in [9.17, 15) is 4.79 Å². The second kappa shape index (κ2) is 12.2. The maximum absolute atomic E-state index is 13.9. The van der Waals surface area contributed by atoms with E-state index < -0.39 is 6.04 Å². The Morgan fingerprint density at radius 1 is 1.00 bits per heavy atom. The summed E-state index contributed by atoms with van der Waals surface area (Å²) < 4.78 is 7.78. The van der Waals surface area contributed by atoms with Crippen LogP contribution in [0.2, 0.25) is 0 Å². The Balaban J connectivity index is 1.49. The fourth-order valence-electron chi connectivity index (χ4n) is 5.85. The smallest absolute Gasteiger partial charge is 0.253 e. The predicted molar refractivity (Wildman–Crippen MR) is 160 cm³/mol. The molecule has 1 saturated heterocycles. The van der Waals surface area contributed by atoms with Crippen molar-refractivity contribution in [2.24, 2.45) is 0 Å². The third kappa shape index (κ3) is 5.99. The highest BCUT2D eigenvalue weighted by Crippen LogP contribution is 2.31. The summed E-state index contributed by atoms with van der Waals surface area (Å²) in [6.07, 6.45) is 2.89. The lowest BCUT2D eigenvalue weighted by atomic mass is 9.98. The van der Waals surface area contributed by atoms with Crippen LogP contribution in [0, 0.1) is 13.8 Å². The predicted octanol–water partition coefficient (Wildman–Crippen LogP) is 5.14. The number of aromatic amines is 1. The molecule has 41 heavy (non-hydrogen) atoms. The second-order valence-electron chi connectivity index (χ2n) is 11.0. The molecule has 3 heterocycles. The summed E-state index contributed by atoms with van der Waals surface area (Å²) in [5, 5.41) is 14.1. The lowest BCUT2D eigenvalue weighted by molar-refractivity contribution is 0.0906. The van der Waals surface area contributed by atoms with Crippen LogP contribution in [0.25, 0.3) is 10.9 Å². The van der Waals surface area contributed by atoms with E-state index in [1.807, 2.05) is 29.8 Å². The van der Waals surface area contributed by atoms with E-state index in [1.54, 1.807) is 0 Å². The van der Waals surface area contributed by atoms with Crippen LogP contribution in [0.15, 0.2) is 83.7 Å². The molecule has 1 aliphatic heterocycles. The number of nitrogens with zero attached hydrogens (tertiary/aromatic N) is 5. The number of nitrogens with one attached hydrogen (secondary N) is 1. The summed E-state index contributed by atoms with van der Waals surface area (Å²) in [4.78, 5) is 19.5. The Morgan fingerprint density at radius 3 is 2.46 bits per heavy atom. The molecular weight excluding hydrogens is 512 g/mol. The van der Waals surface area contributed by atoms with E-state index in [2.05, 4.69) is 93.0 Å². The zero-order valence-corrected chi connectivity index (χ0v) is 23.7. The SMILES string of the molecule is Cc1ccc(C)c2[nH]c(=O)c(C(c3nnnn3CC3CCCO3)N(CCc3ccccc3)Cc3ccccc3)cc12. The van der Waals surface area contributed by atoms with Crippen LogP contribution >= 0.6 is 0 Å². The first-order valence-electron chi connectivity index (χ1n) is 14.4. The van der Waals surface area contributed by atoms with Crippen molar-refractivity contribution in [1.29, 1.82) is 0 Å². The Morgan fingerprint density at radius 2 is 1.73 bits per heavy atom. The molecule has 8 heteroatoms. The minimum atomic E-state index is -0.469. The van der Waals surface area contributed by atoms with Gasteiger partial charge < -0.3 is 9.72 Å². The molecule has 2 unspecified atom stereocenters. The summed E-state index contributed by atoms with van der Waals surface area (Å²) in [6, 6.07) is 26.6. The van der Waals surface area contributed by atoms with Gasteiger partial charge in [-0.3, -0.25) is 9.69 Å². The maximum Gasteiger partial charge on any atom is 0.253 e. The van der Waals surface area contributed by atoms with Gasteiger partial charge in [-0.2, -0.15) is 0 Å². The monoisotopic (exact) mass is 548 g/mol. The van der Waals surface area contributed by atoms with Crippen molar-refractivity contribution in [2.75, 3.05) is 13.2 Å². The molecule has 2 atom stereocenters. The van der Waals surface area contributed by atoms with E-state index in [0.717, 1.165) is 53.5 Å². The van der Waals surface area contributed by atoms with E-state index >= 15 is 0 Å². The van der Waals surface area contributed by atoms with Crippen LogP contribution in [0.4, 0.5) is 0 Å². The van der Waals surface area contributed by atoms with Crippen LogP contribution in [-0.2, 0) is 24.2 Å². The number of pyridine rings is 1. The average Bonchev–Trinajstić information content (AvgIpc) is 3.68. The number of rotatable bonds is 10. The van der Waals surface area contributed by atoms with Crippen LogP contribution in [0.1, 0.15) is 52.5 Å². The highest BCUT2D eigenvalue weighted by Gasteiger charge is 2.32. The molecule has 0 bridgehead atoms. The Hall–Kier alpha value is -4.14. The molecule has 0 radical (unpaired) electrons. The second-order valence-corrected chi connectivity index (χ2v) is 11.0. The molecule has 0 saturated carbocycles. The van der Waals surface area contributed by atoms with Gasteiger partial charge >= 0.3 is 0 Å². The first-order chi connectivity index (χ1) is 20.1. The highest BCUT2D eigenvalue weighted by molar-refractivity contribution is 5.85. The lowest BCUT2D eigenvalue weighted by Gasteiger charge is -2.31. The summed E-state index contributed by atoms with van der Waals surface area (Å²) in [5.41, 5.74) is 5.93. The number of benzene rings is 3. The number of fused-ring (bicyclic) bond motifs is 1. The van der Waals surface area contributed by atoms with Gasteiger partial charge in [0.1, 0.15) is 6.04 Å². The maximum atomic E-state index is 13.9. The molecule has 2 aromatic heterocycles. The van der Waals surface area contributed by atoms with Crippen molar-refractivity contribution >= 4 is 10.9 Å². The van der Waals surface area contributed by atoms with Gasteiger partial charge in [-0.05, 0) is 71.9 Å². The van der Waals surface area contributed by atoms with E-state index in [1.165, 1.54) is 5.56 Å². The van der Waals surface area contributed by atoms with Gasteiger partial charge in [0.15, 0.2) is 5.82 Å². The summed E-state index contributed by atoms with van der Waals surface area (Å²) >= 11 is 0. The van der Waals surface area contributed by atoms with Crippen molar-refractivity contribution in [2.45, 2.75) is 58.3 Å². The van der Waals surface area contributed by atoms with Gasteiger partial charge in [-0.1, -0.05) is 72.8 Å². The fraction of sp³-hybridized carbons (Fsp3) is 0.333. The number of aromatic nitrogens is 5. The third-order valence-corrected chi connectivity index (χ3v) is 8.10. The zero-order chi connectivity index (χ0) is 28.2. The topological polar surface area (TPSA) is 88.9 Å². The zero-order valence-electron chi connectivity index (χ0n) is 23.7. The summed E-state index contributed by atoms with van der Waals surface area (Å²) in [7, 11) is 0. The Labute approximate surface area is 240 Å². The molecule has 1 N–H and O–H groups in total. The summed E-state index contributed by atoms with van der Waals surface area (Å²) in [6.45, 7) is 6.76. The average molecular weight is 549 g/mol. The molecule has 3 aromatic carbocycles. The molecule has 1 aliphatic rings.